The number of carbonyl (C=O) groups is 1. The van der Waals surface area contributed by atoms with Crippen molar-refractivity contribution >= 4 is 54.5 Å². The lowest BCUT2D eigenvalue weighted by Crippen LogP contribution is -2.23. The zero-order chi connectivity index (χ0) is 20.4. The van der Waals surface area contributed by atoms with Crippen LogP contribution in [0.15, 0.2) is 60.7 Å². The summed E-state index contributed by atoms with van der Waals surface area (Å²) in [5.74, 6) is -0.212. The van der Waals surface area contributed by atoms with E-state index in [-0.39, 0.29) is 12.5 Å². The summed E-state index contributed by atoms with van der Waals surface area (Å²) in [5, 5.41) is 3.74. The average Bonchev–Trinajstić information content (AvgIpc) is 3.32. The van der Waals surface area contributed by atoms with Crippen LogP contribution in [0, 0.1) is 0 Å². The summed E-state index contributed by atoms with van der Waals surface area (Å²) in [6, 6.07) is 18.6. The van der Waals surface area contributed by atoms with Crippen LogP contribution >= 0.6 is 22.7 Å². The number of aromatic nitrogens is 1. The van der Waals surface area contributed by atoms with Gasteiger partial charge in [0.2, 0.25) is 10.0 Å². The van der Waals surface area contributed by atoms with Gasteiger partial charge in [0.05, 0.1) is 31.9 Å². The predicted molar refractivity (Wildman–Crippen MR) is 119 cm³/mol. The number of nitrogens with zero attached hydrogens (tertiary/aromatic N) is 1. The van der Waals surface area contributed by atoms with E-state index in [2.05, 4.69) is 15.0 Å². The van der Waals surface area contributed by atoms with Crippen molar-refractivity contribution < 1.29 is 13.2 Å². The normalized spacial score (nSPS) is 11.5. The van der Waals surface area contributed by atoms with Gasteiger partial charge in [0.1, 0.15) is 5.01 Å². The minimum absolute atomic E-state index is 0.212. The summed E-state index contributed by atoms with van der Waals surface area (Å²) in [5.41, 5.74) is 2.09. The van der Waals surface area contributed by atoms with Crippen LogP contribution in [0.2, 0.25) is 0 Å². The second-order valence-electron chi connectivity index (χ2n) is 6.36. The molecule has 0 aliphatic rings. The molecular weight excluding hydrogens is 426 g/mol. The topological polar surface area (TPSA) is 88.2 Å². The third-order valence-electron chi connectivity index (χ3n) is 4.09. The van der Waals surface area contributed by atoms with Gasteiger partial charge in [0.25, 0.3) is 5.91 Å². The van der Waals surface area contributed by atoms with Gasteiger partial charge in [-0.1, -0.05) is 30.3 Å². The number of rotatable bonds is 6. The lowest BCUT2D eigenvalue weighted by molar-refractivity contribution is 0.0955. The zero-order valence-corrected chi connectivity index (χ0v) is 17.8. The summed E-state index contributed by atoms with van der Waals surface area (Å²) >= 11 is 2.98. The van der Waals surface area contributed by atoms with Crippen LogP contribution in [0.3, 0.4) is 0 Å². The number of thiazole rings is 1. The van der Waals surface area contributed by atoms with Crippen LogP contribution < -0.4 is 10.0 Å². The maximum atomic E-state index is 12.6. The SMILES string of the molecule is CS(=O)(=O)Nc1ccccc1CNC(=O)c1ccc(-c2nc3ccccc3s2)s1. The van der Waals surface area contributed by atoms with Crippen LogP contribution in [-0.4, -0.2) is 25.6 Å². The highest BCUT2D eigenvalue weighted by molar-refractivity contribution is 7.92. The first-order chi connectivity index (χ1) is 13.9. The molecule has 0 aliphatic carbocycles. The van der Waals surface area contributed by atoms with Gasteiger partial charge in [-0.2, -0.15) is 0 Å². The summed E-state index contributed by atoms with van der Waals surface area (Å²) in [6.45, 7) is 0.214. The summed E-state index contributed by atoms with van der Waals surface area (Å²) in [7, 11) is -3.40. The Morgan fingerprint density at radius 1 is 1.00 bits per heavy atom. The van der Waals surface area contributed by atoms with E-state index in [0.717, 1.165) is 26.4 Å². The number of carbonyl (C=O) groups excluding carboxylic acids is 1. The van der Waals surface area contributed by atoms with Gasteiger partial charge in [-0.15, -0.1) is 22.7 Å². The van der Waals surface area contributed by atoms with E-state index in [1.54, 1.807) is 41.7 Å². The molecule has 4 aromatic rings. The molecule has 9 heteroatoms. The molecule has 0 aliphatic heterocycles. The van der Waals surface area contributed by atoms with Crippen molar-refractivity contribution in [3.63, 3.8) is 0 Å². The molecule has 2 N–H and O–H groups in total. The molecule has 0 bridgehead atoms. The smallest absolute Gasteiger partial charge is 0.261 e. The van der Waals surface area contributed by atoms with E-state index < -0.39 is 10.0 Å². The maximum Gasteiger partial charge on any atom is 0.261 e. The molecule has 0 saturated heterocycles. The van der Waals surface area contributed by atoms with Gasteiger partial charge in [-0.25, -0.2) is 13.4 Å². The van der Waals surface area contributed by atoms with Crippen molar-refractivity contribution in [1.82, 2.24) is 10.3 Å². The number of para-hydroxylation sites is 2. The molecule has 0 fully saturated rings. The number of hydrogen-bond donors (Lipinski definition) is 2. The number of fused-ring (bicyclic) bond motifs is 1. The average molecular weight is 444 g/mol. The second kappa shape index (κ2) is 7.94. The predicted octanol–water partition coefficient (Wildman–Crippen LogP) is 4.33. The second-order valence-corrected chi connectivity index (χ2v) is 10.2. The molecule has 2 heterocycles. The van der Waals surface area contributed by atoms with Crippen LogP contribution in [0.25, 0.3) is 20.1 Å². The van der Waals surface area contributed by atoms with E-state index in [1.807, 2.05) is 30.3 Å². The Balaban J connectivity index is 1.48. The quantitative estimate of drug-likeness (QED) is 0.464. The summed E-state index contributed by atoms with van der Waals surface area (Å²) < 4.78 is 26.6. The van der Waals surface area contributed by atoms with Crippen LogP contribution in [-0.2, 0) is 16.6 Å². The molecule has 0 unspecified atom stereocenters. The van der Waals surface area contributed by atoms with E-state index in [9.17, 15) is 13.2 Å². The Bertz CT molecular complexity index is 1260. The van der Waals surface area contributed by atoms with Gasteiger partial charge in [0, 0.05) is 6.54 Å². The number of nitrogens with one attached hydrogen (secondary N) is 2. The van der Waals surface area contributed by atoms with E-state index in [0.29, 0.717) is 16.1 Å². The van der Waals surface area contributed by atoms with Crippen molar-refractivity contribution in [2.75, 3.05) is 11.0 Å². The van der Waals surface area contributed by atoms with Crippen molar-refractivity contribution in [3.05, 3.63) is 71.1 Å². The Hall–Kier alpha value is -2.75. The highest BCUT2D eigenvalue weighted by atomic mass is 32.2. The lowest BCUT2D eigenvalue weighted by Gasteiger charge is -2.11. The molecular formula is C20H17N3O3S3. The number of thiophene rings is 1. The third kappa shape index (κ3) is 4.64. The van der Waals surface area contributed by atoms with Gasteiger partial charge < -0.3 is 5.32 Å². The van der Waals surface area contributed by atoms with E-state index in [1.165, 1.54) is 11.3 Å². The van der Waals surface area contributed by atoms with Gasteiger partial charge in [-0.05, 0) is 35.9 Å². The van der Waals surface area contributed by atoms with Crippen LogP contribution in [0.4, 0.5) is 5.69 Å². The summed E-state index contributed by atoms with van der Waals surface area (Å²) in [6.07, 6.45) is 1.09. The fourth-order valence-corrected chi connectivity index (χ4v) is 5.33. The molecule has 2 aromatic heterocycles. The number of anilines is 1. The maximum absolute atomic E-state index is 12.6. The minimum Gasteiger partial charge on any atom is -0.347 e. The Morgan fingerprint density at radius 2 is 1.76 bits per heavy atom. The largest absolute Gasteiger partial charge is 0.347 e. The zero-order valence-electron chi connectivity index (χ0n) is 15.4. The molecule has 29 heavy (non-hydrogen) atoms. The van der Waals surface area contributed by atoms with Gasteiger partial charge in [-0.3, -0.25) is 9.52 Å². The van der Waals surface area contributed by atoms with Crippen molar-refractivity contribution in [2.24, 2.45) is 0 Å². The first-order valence-electron chi connectivity index (χ1n) is 8.69. The van der Waals surface area contributed by atoms with Crippen LogP contribution in [0.5, 0.6) is 0 Å². The fourth-order valence-electron chi connectivity index (χ4n) is 2.79. The van der Waals surface area contributed by atoms with Crippen molar-refractivity contribution in [2.45, 2.75) is 6.54 Å². The Labute approximate surface area is 176 Å². The van der Waals surface area contributed by atoms with Crippen LogP contribution in [0.1, 0.15) is 15.2 Å². The molecule has 6 nitrogen and oxygen atoms in total. The molecule has 0 radical (unpaired) electrons. The van der Waals surface area contributed by atoms with Gasteiger partial charge in [0.15, 0.2) is 0 Å². The molecule has 148 valence electrons. The van der Waals surface area contributed by atoms with E-state index in [4.69, 9.17) is 0 Å². The fraction of sp³-hybridized carbons (Fsp3) is 0.100. The molecule has 2 aromatic carbocycles. The highest BCUT2D eigenvalue weighted by Gasteiger charge is 2.14. The number of hydrogen-bond acceptors (Lipinski definition) is 6. The Kier molecular flexibility index (Phi) is 5.35. The van der Waals surface area contributed by atoms with Gasteiger partial charge >= 0.3 is 0 Å². The highest BCUT2D eigenvalue weighted by Crippen LogP contribution is 2.34. The molecule has 4 rings (SSSR count). The monoisotopic (exact) mass is 443 g/mol. The molecule has 0 spiro atoms. The molecule has 0 atom stereocenters. The van der Waals surface area contributed by atoms with Crippen molar-refractivity contribution in [3.8, 4) is 9.88 Å². The number of sulfonamides is 1. The summed E-state index contributed by atoms with van der Waals surface area (Å²) in [4.78, 5) is 18.7. The first kappa shape index (κ1) is 19.6. The first-order valence-corrected chi connectivity index (χ1v) is 12.2. The standard InChI is InChI=1S/C20H17N3O3S3/c1-29(25,26)23-14-7-3-2-6-13(14)12-21-19(24)17-10-11-18(27-17)20-22-15-8-4-5-9-16(15)28-20/h2-11,23H,12H2,1H3,(H,21,24). The number of benzene rings is 2. The molecule has 0 saturated carbocycles. The Morgan fingerprint density at radius 3 is 2.55 bits per heavy atom. The minimum atomic E-state index is -3.40. The number of amides is 1. The van der Waals surface area contributed by atoms with Crippen molar-refractivity contribution in [1.29, 1.82) is 0 Å². The third-order valence-corrected chi connectivity index (χ3v) is 6.97. The molecule has 1 amide bonds. The lowest BCUT2D eigenvalue weighted by atomic mass is 10.2. The van der Waals surface area contributed by atoms with E-state index >= 15 is 0 Å².